The lowest BCUT2D eigenvalue weighted by atomic mass is 10.1. The zero-order valence-corrected chi connectivity index (χ0v) is 14.5. The van der Waals surface area contributed by atoms with Gasteiger partial charge >= 0.3 is 0 Å². The summed E-state index contributed by atoms with van der Waals surface area (Å²) in [4.78, 5) is 14.5. The Kier molecular flexibility index (Phi) is 3.90. The van der Waals surface area contributed by atoms with Gasteiger partial charge in [-0.25, -0.2) is 0 Å². The molecule has 0 heterocycles. The zero-order chi connectivity index (χ0) is 17.4. The van der Waals surface area contributed by atoms with Crippen LogP contribution in [0, 0.1) is 0 Å². The number of halogens is 1. The van der Waals surface area contributed by atoms with E-state index in [1.807, 2.05) is 54.6 Å². The van der Waals surface area contributed by atoms with Crippen molar-refractivity contribution in [2.75, 3.05) is 11.9 Å². The number of nitrogens with zero attached hydrogens (tertiary/aromatic N) is 1. The quantitative estimate of drug-likeness (QED) is 0.444. The van der Waals surface area contributed by atoms with E-state index in [-0.39, 0.29) is 5.91 Å². The number of carbonyl (C=O) groups excluding carboxylic acids is 1. The van der Waals surface area contributed by atoms with Gasteiger partial charge in [-0.1, -0.05) is 66.2 Å². The molecule has 0 N–H and O–H groups in total. The van der Waals surface area contributed by atoms with Crippen molar-refractivity contribution >= 4 is 34.0 Å². The molecule has 2 aromatic rings. The van der Waals surface area contributed by atoms with Crippen molar-refractivity contribution in [1.29, 1.82) is 0 Å². The molecule has 1 amide bonds. The number of hydrogen-bond acceptors (Lipinski definition) is 1. The number of rotatable bonds is 2. The number of fused-ring (bicyclic) bond motifs is 3. The summed E-state index contributed by atoms with van der Waals surface area (Å²) < 4.78 is 0. The van der Waals surface area contributed by atoms with Crippen molar-refractivity contribution in [3.05, 3.63) is 89.4 Å². The largest absolute Gasteiger partial charge is 0.310 e. The predicted octanol–water partition coefficient (Wildman–Crippen LogP) is 5.87. The first-order valence-electron chi connectivity index (χ1n) is 8.09. The van der Waals surface area contributed by atoms with E-state index in [4.69, 9.17) is 11.6 Å². The Hall–Kier alpha value is -2.84. The van der Waals surface area contributed by atoms with Gasteiger partial charge in [0.2, 0.25) is 0 Å². The predicted molar refractivity (Wildman–Crippen MR) is 105 cm³/mol. The number of hydrogen-bond donors (Lipinski definition) is 0. The van der Waals surface area contributed by atoms with Crippen LogP contribution in [0.1, 0.15) is 10.4 Å². The molecule has 0 atom stereocenters. The highest BCUT2D eigenvalue weighted by Gasteiger charge is 2.19. The van der Waals surface area contributed by atoms with Crippen LogP contribution in [0.2, 0.25) is 5.02 Å². The van der Waals surface area contributed by atoms with Crippen molar-refractivity contribution in [1.82, 2.24) is 0 Å². The van der Waals surface area contributed by atoms with Crippen LogP contribution < -0.4 is 4.90 Å². The van der Waals surface area contributed by atoms with E-state index in [2.05, 4.69) is 18.2 Å². The van der Waals surface area contributed by atoms with Crippen LogP contribution >= 0.6 is 11.6 Å². The molecule has 122 valence electrons. The summed E-state index contributed by atoms with van der Waals surface area (Å²) in [5.41, 5.74) is 3.50. The first-order valence-corrected chi connectivity index (χ1v) is 8.47. The second kappa shape index (κ2) is 6.23. The second-order valence-electron chi connectivity index (χ2n) is 6.04. The molecule has 0 saturated carbocycles. The highest BCUT2D eigenvalue weighted by Crippen LogP contribution is 2.33. The summed E-state index contributed by atoms with van der Waals surface area (Å²) in [5, 5.41) is 2.86. The third kappa shape index (κ3) is 2.75. The molecular weight excluding hydrogens is 330 g/mol. The molecule has 0 unspecified atom stereocenters. The van der Waals surface area contributed by atoms with Gasteiger partial charge in [0.15, 0.2) is 0 Å². The summed E-state index contributed by atoms with van der Waals surface area (Å²) in [5.74, 6) is -0.0731. The van der Waals surface area contributed by atoms with Gasteiger partial charge < -0.3 is 4.90 Å². The fourth-order valence-corrected chi connectivity index (χ4v) is 3.45. The number of amides is 1. The van der Waals surface area contributed by atoms with Gasteiger partial charge in [-0.15, -0.1) is 0 Å². The average Bonchev–Trinajstić information content (AvgIpc) is 2.98. The van der Waals surface area contributed by atoms with Gasteiger partial charge in [-0.05, 0) is 46.2 Å². The van der Waals surface area contributed by atoms with E-state index in [0.717, 1.165) is 21.9 Å². The van der Waals surface area contributed by atoms with Gasteiger partial charge in [0.25, 0.3) is 5.91 Å². The Labute approximate surface area is 151 Å². The highest BCUT2D eigenvalue weighted by molar-refractivity contribution is 6.34. The summed E-state index contributed by atoms with van der Waals surface area (Å²) in [6.45, 7) is 0. The van der Waals surface area contributed by atoms with Gasteiger partial charge in [-0.2, -0.15) is 0 Å². The summed E-state index contributed by atoms with van der Waals surface area (Å²) >= 11 is 6.23. The fourth-order valence-electron chi connectivity index (χ4n) is 3.19. The molecule has 0 bridgehead atoms. The molecule has 3 heteroatoms. The van der Waals surface area contributed by atoms with Crippen LogP contribution in [-0.2, 0) is 0 Å². The molecule has 4 rings (SSSR count). The van der Waals surface area contributed by atoms with Gasteiger partial charge in [0, 0.05) is 12.6 Å². The highest BCUT2D eigenvalue weighted by atomic mass is 35.5. The lowest BCUT2D eigenvalue weighted by molar-refractivity contribution is 0.0993. The Morgan fingerprint density at radius 1 is 0.880 bits per heavy atom. The first kappa shape index (κ1) is 15.7. The molecule has 0 fully saturated rings. The lowest BCUT2D eigenvalue weighted by Gasteiger charge is -2.17. The molecule has 0 aromatic heterocycles. The second-order valence-corrected chi connectivity index (χ2v) is 6.45. The summed E-state index contributed by atoms with van der Waals surface area (Å²) in [7, 11) is 1.75. The standard InChI is InChI=1S/C22H16ClNO/c1-24(21-12-5-4-11-20(21)23)22(25)17-13-16-9-6-8-15-7-2-3-10-18(15)19(16)14-17/h2-14H,1H3. The fraction of sp³-hybridized carbons (Fsp3) is 0.0455. The van der Waals surface area contributed by atoms with E-state index < -0.39 is 0 Å². The lowest BCUT2D eigenvalue weighted by Crippen LogP contribution is -2.25. The van der Waals surface area contributed by atoms with Crippen LogP contribution in [0.4, 0.5) is 5.69 Å². The molecule has 2 aliphatic rings. The van der Waals surface area contributed by atoms with E-state index in [9.17, 15) is 4.79 Å². The van der Waals surface area contributed by atoms with Gasteiger partial charge in [0.05, 0.1) is 10.7 Å². The van der Waals surface area contributed by atoms with Crippen molar-refractivity contribution in [3.8, 4) is 11.1 Å². The number of para-hydroxylation sites is 1. The zero-order valence-electron chi connectivity index (χ0n) is 13.7. The molecule has 2 nitrogen and oxygen atoms in total. The van der Waals surface area contributed by atoms with Gasteiger partial charge in [-0.3, -0.25) is 4.79 Å². The minimum Gasteiger partial charge on any atom is -0.310 e. The Morgan fingerprint density at radius 2 is 1.60 bits per heavy atom. The van der Waals surface area contributed by atoms with E-state index in [1.165, 1.54) is 0 Å². The smallest absolute Gasteiger partial charge is 0.258 e. The molecule has 0 aliphatic heterocycles. The van der Waals surface area contributed by atoms with Crippen molar-refractivity contribution in [3.63, 3.8) is 0 Å². The van der Waals surface area contributed by atoms with E-state index in [0.29, 0.717) is 16.3 Å². The summed E-state index contributed by atoms with van der Waals surface area (Å²) in [6.07, 6.45) is 0. The van der Waals surface area contributed by atoms with Crippen molar-refractivity contribution < 1.29 is 4.79 Å². The SMILES string of the molecule is CN(C(=O)c1cc2cccc3ccccc3c-2c1)c1ccccc1Cl. The maximum Gasteiger partial charge on any atom is 0.258 e. The average molecular weight is 346 g/mol. The molecule has 2 aromatic carbocycles. The minimum absolute atomic E-state index is 0.0731. The molecule has 0 saturated heterocycles. The maximum absolute atomic E-state index is 12.9. The molecule has 0 radical (unpaired) electrons. The van der Waals surface area contributed by atoms with Crippen LogP contribution in [0.25, 0.3) is 21.9 Å². The van der Waals surface area contributed by atoms with E-state index >= 15 is 0 Å². The Balaban J connectivity index is 1.82. The monoisotopic (exact) mass is 345 g/mol. The van der Waals surface area contributed by atoms with Crippen molar-refractivity contribution in [2.24, 2.45) is 0 Å². The minimum atomic E-state index is -0.0731. The topological polar surface area (TPSA) is 20.3 Å². The van der Waals surface area contributed by atoms with E-state index in [1.54, 1.807) is 18.0 Å². The maximum atomic E-state index is 12.9. The molecule has 2 aliphatic carbocycles. The first-order chi connectivity index (χ1) is 12.1. The third-order valence-electron chi connectivity index (χ3n) is 4.49. The number of anilines is 1. The van der Waals surface area contributed by atoms with Crippen LogP contribution in [-0.4, -0.2) is 13.0 Å². The Morgan fingerprint density at radius 3 is 2.44 bits per heavy atom. The molecule has 25 heavy (non-hydrogen) atoms. The normalized spacial score (nSPS) is 11.0. The van der Waals surface area contributed by atoms with Crippen molar-refractivity contribution in [2.45, 2.75) is 0 Å². The van der Waals surface area contributed by atoms with Gasteiger partial charge in [0.1, 0.15) is 0 Å². The number of benzene rings is 2. The Bertz CT molecular complexity index is 1060. The summed E-state index contributed by atoms with van der Waals surface area (Å²) in [6, 6.07) is 25.6. The van der Waals surface area contributed by atoms with Crippen LogP contribution in [0.15, 0.2) is 78.9 Å². The molecule has 0 spiro atoms. The number of carbonyl (C=O) groups is 1. The van der Waals surface area contributed by atoms with Crippen LogP contribution in [0.5, 0.6) is 0 Å². The molecular formula is C22H16ClNO. The third-order valence-corrected chi connectivity index (χ3v) is 4.81. The van der Waals surface area contributed by atoms with Crippen LogP contribution in [0.3, 0.4) is 0 Å².